The average molecular weight is 238 g/mol. The highest BCUT2D eigenvalue weighted by molar-refractivity contribution is 5.96. The van der Waals surface area contributed by atoms with Crippen LogP contribution >= 0.6 is 0 Å². The van der Waals surface area contributed by atoms with Crippen molar-refractivity contribution in [3.63, 3.8) is 0 Å². The molecule has 0 saturated carbocycles. The number of nitrogens with one attached hydrogen (secondary N) is 1. The molecule has 94 valence electrons. The fraction of sp³-hybridized carbons (Fsp3) is 0.545. The molecule has 1 aromatic rings. The monoisotopic (exact) mass is 238 g/mol. The van der Waals surface area contributed by atoms with E-state index in [2.05, 4.69) is 16.9 Å². The molecule has 0 amide bonds. The SMILES string of the molecule is CCCCOCCOc1ncncc1C(=N)N. The molecule has 0 fully saturated rings. The molecule has 1 heterocycles. The number of unbranched alkanes of at least 4 members (excludes halogenated alkanes) is 1. The van der Waals surface area contributed by atoms with Crippen LogP contribution in [0.15, 0.2) is 12.5 Å². The summed E-state index contributed by atoms with van der Waals surface area (Å²) in [6, 6.07) is 0. The van der Waals surface area contributed by atoms with Crippen molar-refractivity contribution < 1.29 is 9.47 Å². The summed E-state index contributed by atoms with van der Waals surface area (Å²) in [7, 11) is 0. The highest BCUT2D eigenvalue weighted by Crippen LogP contribution is 2.11. The van der Waals surface area contributed by atoms with Crippen LogP contribution in [0.5, 0.6) is 5.88 Å². The third-order valence-corrected chi connectivity index (χ3v) is 2.07. The van der Waals surface area contributed by atoms with E-state index < -0.39 is 0 Å². The van der Waals surface area contributed by atoms with E-state index in [1.165, 1.54) is 12.5 Å². The number of nitrogens with two attached hydrogens (primary N) is 1. The number of nitrogen functional groups attached to an aromatic ring is 1. The van der Waals surface area contributed by atoms with Crippen molar-refractivity contribution in [1.29, 1.82) is 5.41 Å². The summed E-state index contributed by atoms with van der Waals surface area (Å²) in [5.41, 5.74) is 5.78. The fourth-order valence-electron chi connectivity index (χ4n) is 1.16. The number of amidine groups is 1. The molecule has 0 bridgehead atoms. The van der Waals surface area contributed by atoms with E-state index in [-0.39, 0.29) is 5.84 Å². The van der Waals surface area contributed by atoms with E-state index in [9.17, 15) is 0 Å². The summed E-state index contributed by atoms with van der Waals surface area (Å²) < 4.78 is 10.7. The van der Waals surface area contributed by atoms with Gasteiger partial charge in [0.2, 0.25) is 5.88 Å². The highest BCUT2D eigenvalue weighted by Gasteiger charge is 2.07. The fourth-order valence-corrected chi connectivity index (χ4v) is 1.16. The summed E-state index contributed by atoms with van der Waals surface area (Å²) in [5, 5.41) is 7.33. The minimum Gasteiger partial charge on any atom is -0.475 e. The van der Waals surface area contributed by atoms with Crippen LogP contribution in [0.1, 0.15) is 25.3 Å². The van der Waals surface area contributed by atoms with E-state index >= 15 is 0 Å². The smallest absolute Gasteiger partial charge is 0.227 e. The summed E-state index contributed by atoms with van der Waals surface area (Å²) in [4.78, 5) is 7.72. The number of rotatable bonds is 8. The molecule has 1 aromatic heterocycles. The molecule has 3 N–H and O–H groups in total. The van der Waals surface area contributed by atoms with Gasteiger partial charge in [-0.15, -0.1) is 0 Å². The second-order valence-electron chi connectivity index (χ2n) is 3.47. The van der Waals surface area contributed by atoms with Crippen LogP contribution < -0.4 is 10.5 Å². The highest BCUT2D eigenvalue weighted by atomic mass is 16.5. The molecule has 0 aliphatic heterocycles. The van der Waals surface area contributed by atoms with Gasteiger partial charge >= 0.3 is 0 Å². The topological polar surface area (TPSA) is 94.1 Å². The first kappa shape index (κ1) is 13.4. The third kappa shape index (κ3) is 4.78. The largest absolute Gasteiger partial charge is 0.475 e. The van der Waals surface area contributed by atoms with Crippen LogP contribution in [0.25, 0.3) is 0 Å². The zero-order valence-electron chi connectivity index (χ0n) is 9.98. The Balaban J connectivity index is 2.34. The Hall–Kier alpha value is -1.69. The van der Waals surface area contributed by atoms with Gasteiger partial charge in [0.05, 0.1) is 12.2 Å². The van der Waals surface area contributed by atoms with E-state index in [0.717, 1.165) is 19.4 Å². The Bertz CT molecular complexity index is 357. The first-order valence-corrected chi connectivity index (χ1v) is 5.60. The van der Waals surface area contributed by atoms with Gasteiger partial charge in [0.1, 0.15) is 18.8 Å². The predicted octanol–water partition coefficient (Wildman–Crippen LogP) is 0.956. The van der Waals surface area contributed by atoms with Gasteiger partial charge in [0, 0.05) is 12.8 Å². The second-order valence-corrected chi connectivity index (χ2v) is 3.47. The molecular formula is C11H18N4O2. The molecule has 0 atom stereocenters. The lowest BCUT2D eigenvalue weighted by Gasteiger charge is -2.08. The van der Waals surface area contributed by atoms with Crippen molar-refractivity contribution in [3.8, 4) is 5.88 Å². The molecule has 1 rings (SSSR count). The predicted molar refractivity (Wildman–Crippen MR) is 64.3 cm³/mol. The molecule has 0 spiro atoms. The van der Waals surface area contributed by atoms with Crippen LogP contribution in [0.4, 0.5) is 0 Å². The Labute approximate surface area is 101 Å². The summed E-state index contributed by atoms with van der Waals surface area (Å²) in [6.45, 7) is 3.74. The van der Waals surface area contributed by atoms with E-state index in [4.69, 9.17) is 20.6 Å². The van der Waals surface area contributed by atoms with Crippen molar-refractivity contribution >= 4 is 5.84 Å². The number of hydrogen-bond acceptors (Lipinski definition) is 5. The maximum absolute atomic E-state index is 7.33. The summed E-state index contributed by atoms with van der Waals surface area (Å²) in [6.07, 6.45) is 4.98. The van der Waals surface area contributed by atoms with E-state index in [0.29, 0.717) is 24.7 Å². The van der Waals surface area contributed by atoms with Crippen LogP contribution in [-0.2, 0) is 4.74 Å². The molecule has 0 aliphatic carbocycles. The molecule has 0 saturated heterocycles. The molecule has 6 nitrogen and oxygen atoms in total. The number of aromatic nitrogens is 2. The Morgan fingerprint density at radius 1 is 1.41 bits per heavy atom. The third-order valence-electron chi connectivity index (χ3n) is 2.07. The molecule has 0 aromatic carbocycles. The van der Waals surface area contributed by atoms with Gasteiger partial charge in [-0.1, -0.05) is 13.3 Å². The molecule has 6 heteroatoms. The maximum Gasteiger partial charge on any atom is 0.227 e. The van der Waals surface area contributed by atoms with Crippen molar-refractivity contribution in [1.82, 2.24) is 9.97 Å². The molecule has 0 aliphatic rings. The average Bonchev–Trinajstić information content (AvgIpc) is 2.34. The van der Waals surface area contributed by atoms with Gasteiger partial charge in [0.25, 0.3) is 0 Å². The standard InChI is InChI=1S/C11H18N4O2/c1-2-3-4-16-5-6-17-11-9(10(12)13)7-14-8-15-11/h7-8H,2-6H2,1H3,(H3,12,13). The zero-order valence-corrected chi connectivity index (χ0v) is 9.98. The van der Waals surface area contributed by atoms with Crippen LogP contribution in [0, 0.1) is 5.41 Å². The van der Waals surface area contributed by atoms with Crippen LogP contribution in [-0.4, -0.2) is 35.6 Å². The lowest BCUT2D eigenvalue weighted by Crippen LogP contribution is -2.16. The van der Waals surface area contributed by atoms with Gasteiger partial charge in [-0.2, -0.15) is 0 Å². The van der Waals surface area contributed by atoms with E-state index in [1.807, 2.05) is 0 Å². The maximum atomic E-state index is 7.33. The number of nitrogens with zero attached hydrogens (tertiary/aromatic N) is 2. The minimum atomic E-state index is -0.104. The first-order valence-electron chi connectivity index (χ1n) is 5.60. The van der Waals surface area contributed by atoms with Crippen molar-refractivity contribution in [2.24, 2.45) is 5.73 Å². The Morgan fingerprint density at radius 2 is 2.24 bits per heavy atom. The number of hydrogen-bond donors (Lipinski definition) is 2. The van der Waals surface area contributed by atoms with Crippen LogP contribution in [0.2, 0.25) is 0 Å². The van der Waals surface area contributed by atoms with E-state index in [1.54, 1.807) is 0 Å². The van der Waals surface area contributed by atoms with Gasteiger partial charge in [-0.3, -0.25) is 5.41 Å². The Kier molecular flexibility index (Phi) is 5.95. The summed E-state index contributed by atoms with van der Waals surface area (Å²) >= 11 is 0. The quantitative estimate of drug-likeness (QED) is 0.399. The Morgan fingerprint density at radius 3 is 2.94 bits per heavy atom. The van der Waals surface area contributed by atoms with Gasteiger partial charge < -0.3 is 15.2 Å². The molecule has 0 radical (unpaired) electrons. The summed E-state index contributed by atoms with van der Waals surface area (Å²) in [5.74, 6) is 0.221. The van der Waals surface area contributed by atoms with Gasteiger partial charge in [-0.05, 0) is 6.42 Å². The number of ether oxygens (including phenoxy) is 2. The molecular weight excluding hydrogens is 220 g/mol. The molecule has 0 unspecified atom stereocenters. The van der Waals surface area contributed by atoms with Crippen molar-refractivity contribution in [2.75, 3.05) is 19.8 Å². The van der Waals surface area contributed by atoms with Crippen LogP contribution in [0.3, 0.4) is 0 Å². The van der Waals surface area contributed by atoms with Gasteiger partial charge in [0.15, 0.2) is 0 Å². The van der Waals surface area contributed by atoms with Gasteiger partial charge in [-0.25, -0.2) is 9.97 Å². The minimum absolute atomic E-state index is 0.104. The van der Waals surface area contributed by atoms with Crippen molar-refractivity contribution in [3.05, 3.63) is 18.1 Å². The lowest BCUT2D eigenvalue weighted by molar-refractivity contribution is 0.0964. The molecule has 17 heavy (non-hydrogen) atoms. The first-order chi connectivity index (χ1) is 8.25. The lowest BCUT2D eigenvalue weighted by atomic mass is 10.3. The zero-order chi connectivity index (χ0) is 12.5. The second kappa shape index (κ2) is 7.56. The normalized spacial score (nSPS) is 10.2. The van der Waals surface area contributed by atoms with Crippen molar-refractivity contribution in [2.45, 2.75) is 19.8 Å².